The normalized spacial score (nSPS) is 33.6. The highest BCUT2D eigenvalue weighted by Gasteiger charge is 2.53. The van der Waals surface area contributed by atoms with Crippen LogP contribution in [0, 0.1) is 29.6 Å². The molecule has 0 radical (unpaired) electrons. The summed E-state index contributed by atoms with van der Waals surface area (Å²) in [5, 5.41) is 50.1. The van der Waals surface area contributed by atoms with Crippen LogP contribution in [-0.2, 0) is 54.2 Å². The number of Topliss-reactive ketones (excluding diaryl/α,β-unsaturated/α-hetero) is 3. The SMILES string of the molecule is CNC(=O)c1cnc(N2CCN(c3ncc(CNC(=O)O[C@@H]4CC[C@@H](C[C@@H](N)[C@@H]5CC(=O)[C@H](C)/C=C(\C)[C@@H](O)[C@@H](O)C(=O)[C@H](C)C[C@H](C)/C=C/C=C/C=C(\C)[C@@H](OC)C[C@@H]6CC[C@@H](C)[C@@](O)(O6)C(=O)C(=O)N6CCCC[C@H]6C(=O)O5)C[C@H]4OC)cn3)C(CO)C2)nc1. The molecule has 5 aliphatic rings. The quantitative estimate of drug-likeness (QED) is 0.0903. The van der Waals surface area contributed by atoms with Gasteiger partial charge in [-0.3, -0.25) is 24.0 Å². The Balaban J connectivity index is 1.02. The number of hydrogen-bond acceptors (Lipinski definition) is 23. The van der Waals surface area contributed by atoms with Gasteiger partial charge in [-0.25, -0.2) is 29.5 Å². The summed E-state index contributed by atoms with van der Waals surface area (Å²) in [4.78, 5) is 119. The lowest BCUT2D eigenvalue weighted by Gasteiger charge is -2.42. The standard InChI is InChI=1S/C66H96N10O16/c1-38-15-11-10-12-16-39(2)53(88-8)29-48-20-18-43(6)66(87,92-48)59(82)61(84)76-22-14-13-17-50(76)62(85)90-54(30-51(78)40(3)26-42(5)57(80)58(81)56(79)41(4)25-38)49(67)27-44-19-21-52(55(28-44)89-9)91-65(86)73-33-45-31-69-64(70-32-45)75-24-23-74(36-47(75)37-77)63-71-34-46(35-72-63)60(83)68-7/h10-12,15-16,26,31-32,34-35,38,40-41,43-44,47-50,52-55,57-58,77,80-81,87H,13-14,17-25,27-30,33,36-37,67H2,1-9H3,(H,68,83)(H,73,86)/b12-10+,15-11+,39-16+,42-26+/t38-,40-,41-,43-,44+,47?,48+,49-,50+,52-,53+,54+,55-,57-,58+,66-/m1/s1. The zero-order chi connectivity index (χ0) is 67.0. The summed E-state index contributed by atoms with van der Waals surface area (Å²) in [7, 11) is 4.57. The number of aliphatic hydroxyl groups excluding tert-OH is 3. The number of nitrogens with two attached hydrogens (primary N) is 1. The molecule has 506 valence electrons. The first-order chi connectivity index (χ1) is 43.9. The number of rotatable bonds is 12. The number of amides is 3. The number of cyclic esters (lactones) is 1. The molecule has 92 heavy (non-hydrogen) atoms. The second kappa shape index (κ2) is 33.8. The molecule has 2 aromatic heterocycles. The first-order valence-corrected chi connectivity index (χ1v) is 32.2. The van der Waals surface area contributed by atoms with Crippen molar-refractivity contribution < 1.29 is 77.7 Å². The summed E-state index contributed by atoms with van der Waals surface area (Å²) in [6.07, 6.45) is 12.6. The van der Waals surface area contributed by atoms with Gasteiger partial charge in [0.05, 0.1) is 36.5 Å². The number of piperidine rings is 1. The Labute approximate surface area is 538 Å². The number of aromatic nitrogens is 4. The van der Waals surface area contributed by atoms with E-state index in [1.807, 2.05) is 54.0 Å². The van der Waals surface area contributed by atoms with E-state index in [0.717, 1.165) is 10.5 Å². The molecule has 6 heterocycles. The van der Waals surface area contributed by atoms with Gasteiger partial charge in [-0.15, -0.1) is 0 Å². The topological polar surface area (TPSA) is 358 Å². The van der Waals surface area contributed by atoms with E-state index in [0.29, 0.717) is 94.0 Å². The van der Waals surface area contributed by atoms with Crippen LogP contribution in [0.3, 0.4) is 0 Å². The Morgan fingerprint density at radius 2 is 1.53 bits per heavy atom. The molecule has 1 aliphatic carbocycles. The van der Waals surface area contributed by atoms with Crippen LogP contribution >= 0.6 is 0 Å². The number of anilines is 2. The Hall–Kier alpha value is -6.91. The van der Waals surface area contributed by atoms with Crippen LogP contribution in [0.1, 0.15) is 135 Å². The number of ketones is 3. The molecule has 26 nitrogen and oxygen atoms in total. The van der Waals surface area contributed by atoms with E-state index in [2.05, 4.69) is 30.6 Å². The first-order valence-electron chi connectivity index (χ1n) is 32.2. The number of nitrogens with one attached hydrogen (secondary N) is 2. The van der Waals surface area contributed by atoms with Crippen LogP contribution in [0.4, 0.5) is 16.7 Å². The molecule has 3 saturated heterocycles. The monoisotopic (exact) mass is 1280 g/mol. The minimum absolute atomic E-state index is 0.00480. The van der Waals surface area contributed by atoms with Crippen molar-refractivity contribution in [3.63, 3.8) is 0 Å². The van der Waals surface area contributed by atoms with Gasteiger partial charge in [-0.1, -0.05) is 64.2 Å². The predicted molar refractivity (Wildman–Crippen MR) is 338 cm³/mol. The zero-order valence-corrected chi connectivity index (χ0v) is 54.6. The average molecular weight is 1290 g/mol. The molecule has 26 heteroatoms. The van der Waals surface area contributed by atoms with Gasteiger partial charge in [0.2, 0.25) is 17.7 Å². The number of carbonyl (C=O) groups is 7. The van der Waals surface area contributed by atoms with Crippen LogP contribution in [0.25, 0.3) is 0 Å². The number of piperazine rings is 1. The molecular weight excluding hydrogens is 1190 g/mol. The van der Waals surface area contributed by atoms with E-state index in [1.54, 1.807) is 40.3 Å². The number of carbonyl (C=O) groups excluding carboxylic acids is 7. The molecular formula is C66H96N10O16. The highest BCUT2D eigenvalue weighted by atomic mass is 16.6. The van der Waals surface area contributed by atoms with E-state index in [9.17, 15) is 54.0 Å². The first kappa shape index (κ1) is 72.5. The number of esters is 1. The minimum Gasteiger partial charge on any atom is -0.459 e. The number of alkyl carbamates (subject to hydrolysis) is 1. The summed E-state index contributed by atoms with van der Waals surface area (Å²) < 4.78 is 30.0. The Bertz CT molecular complexity index is 2980. The van der Waals surface area contributed by atoms with Gasteiger partial charge in [0, 0.05) is 121 Å². The number of ether oxygens (including phenoxy) is 5. The molecule has 0 spiro atoms. The molecule has 8 N–H and O–H groups in total. The predicted octanol–water partition coefficient (Wildman–Crippen LogP) is 3.78. The molecule has 4 aliphatic heterocycles. The lowest BCUT2D eigenvalue weighted by molar-refractivity contribution is -0.265. The summed E-state index contributed by atoms with van der Waals surface area (Å²) in [6, 6.07) is -2.65. The van der Waals surface area contributed by atoms with Crippen LogP contribution in [0.5, 0.6) is 0 Å². The number of allylic oxidation sites excluding steroid dienone is 6. The molecule has 16 atom stereocenters. The van der Waals surface area contributed by atoms with Gasteiger partial charge >= 0.3 is 12.1 Å². The highest BCUT2D eigenvalue weighted by Crippen LogP contribution is 2.38. The van der Waals surface area contributed by atoms with Crippen molar-refractivity contribution in [3.05, 3.63) is 83.5 Å². The van der Waals surface area contributed by atoms with Gasteiger partial charge in [0.25, 0.3) is 17.6 Å². The Morgan fingerprint density at radius 1 is 0.815 bits per heavy atom. The third-order valence-electron chi connectivity index (χ3n) is 18.7. The van der Waals surface area contributed by atoms with Gasteiger partial charge in [-0.2, -0.15) is 0 Å². The van der Waals surface area contributed by atoms with E-state index in [4.69, 9.17) is 29.4 Å². The average Bonchev–Trinajstić information content (AvgIpc) is 0.783. The van der Waals surface area contributed by atoms with Gasteiger partial charge in [-0.05, 0) is 101 Å². The molecule has 4 fully saturated rings. The largest absolute Gasteiger partial charge is 0.459 e. The number of fused-ring (bicyclic) bond motifs is 3. The van der Waals surface area contributed by atoms with Crippen LogP contribution in [0.2, 0.25) is 0 Å². The van der Waals surface area contributed by atoms with Gasteiger partial charge in [0.1, 0.15) is 36.2 Å². The van der Waals surface area contributed by atoms with Crippen molar-refractivity contribution in [2.45, 2.75) is 192 Å². The maximum Gasteiger partial charge on any atom is 0.407 e. The fraction of sp³-hybridized carbons (Fsp3) is 0.652. The summed E-state index contributed by atoms with van der Waals surface area (Å²) in [5.41, 5.74) is 8.93. The number of aliphatic hydroxyl groups is 4. The fourth-order valence-electron chi connectivity index (χ4n) is 12.9. The highest BCUT2D eigenvalue weighted by molar-refractivity contribution is 6.39. The summed E-state index contributed by atoms with van der Waals surface area (Å²) in [5.74, 6) is -8.83. The van der Waals surface area contributed by atoms with Gasteiger partial charge < -0.3 is 75.2 Å². The van der Waals surface area contributed by atoms with Crippen molar-refractivity contribution in [3.8, 4) is 0 Å². The second-order valence-corrected chi connectivity index (χ2v) is 25.5. The summed E-state index contributed by atoms with van der Waals surface area (Å²) >= 11 is 0. The van der Waals surface area contributed by atoms with Crippen molar-refractivity contribution in [2.75, 3.05) is 63.9 Å². The number of methoxy groups -OCH3 is 2. The molecule has 7 rings (SSSR count). The zero-order valence-electron chi connectivity index (χ0n) is 54.6. The molecule has 2 aromatic rings. The van der Waals surface area contributed by atoms with Crippen molar-refractivity contribution in [1.82, 2.24) is 35.5 Å². The summed E-state index contributed by atoms with van der Waals surface area (Å²) in [6.45, 7) is 11.4. The number of nitrogens with zero attached hydrogens (tertiary/aromatic N) is 7. The van der Waals surface area contributed by atoms with E-state index in [-0.39, 0.29) is 68.3 Å². The van der Waals surface area contributed by atoms with Crippen molar-refractivity contribution >= 4 is 53.1 Å². The van der Waals surface area contributed by atoms with Gasteiger partial charge in [0.15, 0.2) is 5.78 Å². The lowest BCUT2D eigenvalue weighted by Crippen LogP contribution is -2.61. The van der Waals surface area contributed by atoms with Crippen LogP contribution in [0.15, 0.2) is 72.4 Å². The fourth-order valence-corrected chi connectivity index (χ4v) is 12.9. The maximum absolute atomic E-state index is 14.6. The molecule has 2 bridgehead atoms. The van der Waals surface area contributed by atoms with Crippen molar-refractivity contribution in [2.24, 2.45) is 35.3 Å². The second-order valence-electron chi connectivity index (χ2n) is 25.5. The molecule has 3 amide bonds. The van der Waals surface area contributed by atoms with Crippen LogP contribution < -0.4 is 26.2 Å². The smallest absolute Gasteiger partial charge is 0.407 e. The Kier molecular flexibility index (Phi) is 26.6. The van der Waals surface area contributed by atoms with E-state index < -0.39 is 120 Å². The Morgan fingerprint density at radius 3 is 2.22 bits per heavy atom. The maximum atomic E-state index is 14.6. The molecule has 1 saturated carbocycles. The lowest BCUT2D eigenvalue weighted by atomic mass is 9.80. The molecule has 1 unspecified atom stereocenters. The van der Waals surface area contributed by atoms with Crippen LogP contribution in [-0.4, -0.2) is 207 Å². The molecule has 0 aromatic carbocycles. The van der Waals surface area contributed by atoms with E-state index >= 15 is 0 Å². The minimum atomic E-state index is -2.51. The van der Waals surface area contributed by atoms with E-state index in [1.165, 1.54) is 39.6 Å². The third kappa shape index (κ3) is 18.7. The van der Waals surface area contributed by atoms with Crippen molar-refractivity contribution in [1.29, 1.82) is 0 Å². The third-order valence-corrected chi connectivity index (χ3v) is 18.7. The number of hydrogen-bond donors (Lipinski definition) is 7.